The quantitative estimate of drug-likeness (QED) is 0.841. The van der Waals surface area contributed by atoms with Gasteiger partial charge in [-0.25, -0.2) is 0 Å². The van der Waals surface area contributed by atoms with Crippen LogP contribution in [0.5, 0.6) is 0 Å². The number of hydrogen-bond donors (Lipinski definition) is 1. The molecule has 1 rings (SSSR count). The molecule has 1 amide bonds. The third-order valence-corrected chi connectivity index (χ3v) is 2.61. The van der Waals surface area contributed by atoms with Crippen LogP contribution in [0.1, 0.15) is 29.3 Å². The molecule has 18 heavy (non-hydrogen) atoms. The van der Waals surface area contributed by atoms with Gasteiger partial charge < -0.3 is 5.32 Å². The standard InChI is InChI=1S/C12H13ClF3NO/c1-8(6-7-13)17-11(18)9-4-2-3-5-10(9)12(14,15)16/h2-5,8H,6-7H2,1H3,(H,17,18). The maximum absolute atomic E-state index is 12.7. The van der Waals surface area contributed by atoms with Crippen molar-refractivity contribution in [1.29, 1.82) is 0 Å². The number of carbonyl (C=O) groups excluding carboxylic acids is 1. The highest BCUT2D eigenvalue weighted by Crippen LogP contribution is 2.31. The minimum absolute atomic E-state index is 0.267. The molecular weight excluding hydrogens is 267 g/mol. The van der Waals surface area contributed by atoms with Gasteiger partial charge in [0.05, 0.1) is 11.1 Å². The van der Waals surface area contributed by atoms with Gasteiger partial charge in [0.1, 0.15) is 0 Å². The van der Waals surface area contributed by atoms with Crippen LogP contribution in [0.4, 0.5) is 13.2 Å². The molecule has 1 N–H and O–H groups in total. The smallest absolute Gasteiger partial charge is 0.350 e. The zero-order valence-electron chi connectivity index (χ0n) is 9.72. The highest BCUT2D eigenvalue weighted by Gasteiger charge is 2.34. The molecule has 0 aliphatic carbocycles. The number of carbonyl (C=O) groups is 1. The van der Waals surface area contributed by atoms with Gasteiger partial charge in [-0.3, -0.25) is 4.79 Å². The number of amides is 1. The van der Waals surface area contributed by atoms with Crippen molar-refractivity contribution < 1.29 is 18.0 Å². The lowest BCUT2D eigenvalue weighted by molar-refractivity contribution is -0.137. The molecule has 0 aliphatic rings. The second-order valence-electron chi connectivity index (χ2n) is 3.90. The van der Waals surface area contributed by atoms with Gasteiger partial charge in [0.25, 0.3) is 5.91 Å². The molecule has 0 aromatic heterocycles. The molecule has 0 spiro atoms. The second kappa shape index (κ2) is 6.09. The summed E-state index contributed by atoms with van der Waals surface area (Å²) in [4.78, 5) is 11.7. The van der Waals surface area contributed by atoms with E-state index in [2.05, 4.69) is 5.32 Å². The first-order valence-electron chi connectivity index (χ1n) is 5.39. The van der Waals surface area contributed by atoms with Crippen LogP contribution < -0.4 is 5.32 Å². The lowest BCUT2D eigenvalue weighted by Crippen LogP contribution is -2.34. The molecule has 100 valence electrons. The predicted octanol–water partition coefficient (Wildman–Crippen LogP) is 3.45. The summed E-state index contributed by atoms with van der Waals surface area (Å²) in [5.41, 5.74) is -1.30. The first-order chi connectivity index (χ1) is 8.36. The maximum atomic E-state index is 12.7. The Morgan fingerprint density at radius 3 is 2.56 bits per heavy atom. The monoisotopic (exact) mass is 279 g/mol. The van der Waals surface area contributed by atoms with Crippen molar-refractivity contribution in [2.45, 2.75) is 25.6 Å². The lowest BCUT2D eigenvalue weighted by Gasteiger charge is -2.15. The fourth-order valence-corrected chi connectivity index (χ4v) is 1.79. The minimum Gasteiger partial charge on any atom is -0.350 e. The van der Waals surface area contributed by atoms with E-state index in [1.165, 1.54) is 12.1 Å². The second-order valence-corrected chi connectivity index (χ2v) is 4.27. The number of hydrogen-bond acceptors (Lipinski definition) is 1. The summed E-state index contributed by atoms with van der Waals surface area (Å²) >= 11 is 5.50. The van der Waals surface area contributed by atoms with Crippen LogP contribution in [0, 0.1) is 0 Å². The number of nitrogens with one attached hydrogen (secondary N) is 1. The molecule has 0 fully saturated rings. The molecule has 6 heteroatoms. The SMILES string of the molecule is CC(CCCl)NC(=O)c1ccccc1C(F)(F)F. The highest BCUT2D eigenvalue weighted by molar-refractivity contribution is 6.17. The summed E-state index contributed by atoms with van der Waals surface area (Å²) in [5, 5.41) is 2.49. The number of halogens is 4. The van der Waals surface area contributed by atoms with E-state index in [4.69, 9.17) is 11.6 Å². The van der Waals surface area contributed by atoms with Gasteiger partial charge in [0, 0.05) is 11.9 Å². The van der Waals surface area contributed by atoms with Crippen LogP contribution in [0.25, 0.3) is 0 Å². The van der Waals surface area contributed by atoms with E-state index in [0.717, 1.165) is 12.1 Å². The Labute approximate surface area is 108 Å². The molecule has 0 heterocycles. The third kappa shape index (κ3) is 3.91. The fraction of sp³-hybridized carbons (Fsp3) is 0.417. The van der Waals surface area contributed by atoms with Crippen LogP contribution in [-0.4, -0.2) is 17.8 Å². The van der Waals surface area contributed by atoms with E-state index in [0.29, 0.717) is 12.3 Å². The van der Waals surface area contributed by atoms with Crippen LogP contribution in [0.3, 0.4) is 0 Å². The Kier molecular flexibility index (Phi) is 5.02. The van der Waals surface area contributed by atoms with Gasteiger partial charge in [-0.05, 0) is 25.5 Å². The van der Waals surface area contributed by atoms with Crippen LogP contribution >= 0.6 is 11.6 Å². The molecule has 0 saturated carbocycles. The lowest BCUT2D eigenvalue weighted by atomic mass is 10.1. The Bertz CT molecular complexity index is 420. The molecule has 1 atom stereocenters. The van der Waals surface area contributed by atoms with E-state index in [-0.39, 0.29) is 11.6 Å². The van der Waals surface area contributed by atoms with Crippen molar-refractivity contribution in [2.75, 3.05) is 5.88 Å². The molecule has 0 radical (unpaired) electrons. The Hall–Kier alpha value is -1.23. The first-order valence-corrected chi connectivity index (χ1v) is 5.92. The van der Waals surface area contributed by atoms with Crippen molar-refractivity contribution in [3.63, 3.8) is 0 Å². The zero-order valence-corrected chi connectivity index (χ0v) is 10.5. The molecule has 1 unspecified atom stereocenters. The largest absolute Gasteiger partial charge is 0.417 e. The zero-order chi connectivity index (χ0) is 13.8. The minimum atomic E-state index is -4.54. The predicted molar refractivity (Wildman–Crippen MR) is 63.7 cm³/mol. The molecule has 0 bridgehead atoms. The van der Waals surface area contributed by atoms with E-state index in [9.17, 15) is 18.0 Å². The average Bonchev–Trinajstić information content (AvgIpc) is 2.28. The highest BCUT2D eigenvalue weighted by atomic mass is 35.5. The molecular formula is C12H13ClF3NO. The van der Waals surface area contributed by atoms with Crippen LogP contribution in [0.15, 0.2) is 24.3 Å². The normalized spacial score (nSPS) is 13.2. The number of alkyl halides is 4. The van der Waals surface area contributed by atoms with Crippen molar-refractivity contribution in [1.82, 2.24) is 5.32 Å². The summed E-state index contributed by atoms with van der Waals surface area (Å²) in [7, 11) is 0. The van der Waals surface area contributed by atoms with Gasteiger partial charge in [0.2, 0.25) is 0 Å². The van der Waals surface area contributed by atoms with Crippen molar-refractivity contribution in [3.8, 4) is 0 Å². The molecule has 2 nitrogen and oxygen atoms in total. The summed E-state index contributed by atoms with van der Waals surface area (Å²) in [5.74, 6) is -0.400. The Balaban J connectivity index is 2.93. The van der Waals surface area contributed by atoms with Gasteiger partial charge in [-0.1, -0.05) is 12.1 Å². The van der Waals surface area contributed by atoms with Crippen LogP contribution in [0.2, 0.25) is 0 Å². The van der Waals surface area contributed by atoms with E-state index in [1.807, 2.05) is 0 Å². The van der Waals surface area contributed by atoms with Gasteiger partial charge in [-0.15, -0.1) is 11.6 Å². The molecule has 1 aromatic rings. The van der Waals surface area contributed by atoms with E-state index >= 15 is 0 Å². The molecule has 1 aromatic carbocycles. The fourth-order valence-electron chi connectivity index (χ4n) is 1.47. The van der Waals surface area contributed by atoms with E-state index in [1.54, 1.807) is 6.92 Å². The van der Waals surface area contributed by atoms with Gasteiger partial charge in [0.15, 0.2) is 0 Å². The summed E-state index contributed by atoms with van der Waals surface area (Å²) in [6, 6.07) is 4.43. The number of benzene rings is 1. The van der Waals surface area contributed by atoms with Crippen LogP contribution in [-0.2, 0) is 6.18 Å². The summed E-state index contributed by atoms with van der Waals surface area (Å²) in [6.07, 6.45) is -4.04. The topological polar surface area (TPSA) is 29.1 Å². The van der Waals surface area contributed by atoms with Gasteiger partial charge >= 0.3 is 6.18 Å². The third-order valence-electron chi connectivity index (χ3n) is 2.40. The molecule has 0 saturated heterocycles. The van der Waals surface area contributed by atoms with Crippen molar-refractivity contribution in [3.05, 3.63) is 35.4 Å². The van der Waals surface area contributed by atoms with Crippen molar-refractivity contribution >= 4 is 17.5 Å². The van der Waals surface area contributed by atoms with Gasteiger partial charge in [-0.2, -0.15) is 13.2 Å². The maximum Gasteiger partial charge on any atom is 0.417 e. The average molecular weight is 280 g/mol. The number of rotatable bonds is 4. The van der Waals surface area contributed by atoms with E-state index < -0.39 is 17.6 Å². The summed E-state index contributed by atoms with van der Waals surface area (Å²) in [6.45, 7) is 1.69. The molecule has 0 aliphatic heterocycles. The Morgan fingerprint density at radius 2 is 2.00 bits per heavy atom. The summed E-state index contributed by atoms with van der Waals surface area (Å²) < 4.78 is 38.1. The first kappa shape index (κ1) is 14.8. The van der Waals surface area contributed by atoms with Crippen molar-refractivity contribution in [2.24, 2.45) is 0 Å². The Morgan fingerprint density at radius 1 is 1.39 bits per heavy atom.